The lowest BCUT2D eigenvalue weighted by atomic mass is 9.79. The Balaban J connectivity index is 0.00000128. The topological polar surface area (TPSA) is 75.9 Å². The number of amides is 1. The number of rotatable bonds is 3. The first kappa shape index (κ1) is 22.5. The average Bonchev–Trinajstić information content (AvgIpc) is 3.35. The van der Waals surface area contributed by atoms with Crippen molar-refractivity contribution in [3.8, 4) is 0 Å². The fourth-order valence-electron chi connectivity index (χ4n) is 4.56. The maximum atomic E-state index is 13.1. The van der Waals surface area contributed by atoms with E-state index >= 15 is 0 Å². The minimum atomic E-state index is 0. The van der Waals surface area contributed by atoms with E-state index in [1.165, 1.54) is 6.42 Å². The maximum Gasteiger partial charge on any atom is 0.255 e. The summed E-state index contributed by atoms with van der Waals surface area (Å²) < 4.78 is 1.96. The quantitative estimate of drug-likeness (QED) is 0.666. The van der Waals surface area contributed by atoms with Gasteiger partial charge in [0.1, 0.15) is 5.52 Å². The van der Waals surface area contributed by atoms with Crippen LogP contribution in [0.2, 0.25) is 0 Å². The molecule has 0 aliphatic carbocycles. The molecule has 0 saturated carbocycles. The summed E-state index contributed by atoms with van der Waals surface area (Å²) in [5.41, 5.74) is 3.36. The molecule has 1 atom stereocenters. The highest BCUT2D eigenvalue weighted by Gasteiger charge is 2.39. The molecule has 1 N–H and O–H groups in total. The highest BCUT2D eigenvalue weighted by atomic mass is 35.5. The standard InChI is InChI=1S/C21H24N6O.2ClH/c28-20(26-9-3-5-21(14-26)6-8-22-13-21)16-10-18-19(24-11-16)27(15-25-18)12-17-4-1-2-7-23-17;;/h1-2,4,7,10-11,15,22H,3,5-6,8-9,12-14H2;2*1H. The lowest BCUT2D eigenvalue weighted by molar-refractivity contribution is 0.0553. The van der Waals surface area contributed by atoms with E-state index in [1.807, 2.05) is 33.7 Å². The summed E-state index contributed by atoms with van der Waals surface area (Å²) in [6.45, 7) is 4.35. The zero-order chi connectivity index (χ0) is 19.0. The number of fused-ring (bicyclic) bond motifs is 1. The second-order valence-corrected chi connectivity index (χ2v) is 8.02. The molecule has 0 radical (unpaired) electrons. The summed E-state index contributed by atoms with van der Waals surface area (Å²) in [7, 11) is 0. The summed E-state index contributed by atoms with van der Waals surface area (Å²) in [5.74, 6) is 0.0691. The molecule has 1 spiro atoms. The normalized spacial score (nSPS) is 20.7. The number of piperidine rings is 1. The molecule has 0 bridgehead atoms. The number of carbonyl (C=O) groups excluding carboxylic acids is 1. The SMILES string of the molecule is Cl.Cl.O=C(c1cnc2c(c1)ncn2Cc1ccccn1)N1CCCC2(CCNC2)C1. The van der Waals surface area contributed by atoms with E-state index in [-0.39, 0.29) is 36.1 Å². The van der Waals surface area contributed by atoms with E-state index in [0.29, 0.717) is 12.1 Å². The third kappa shape index (κ3) is 4.29. The van der Waals surface area contributed by atoms with Crippen LogP contribution in [0.25, 0.3) is 11.2 Å². The number of nitrogens with one attached hydrogen (secondary N) is 1. The number of halogens is 2. The predicted octanol–water partition coefficient (Wildman–Crippen LogP) is 2.93. The Bertz CT molecular complexity index is 1000. The van der Waals surface area contributed by atoms with Crippen LogP contribution in [0.15, 0.2) is 43.0 Å². The molecule has 160 valence electrons. The van der Waals surface area contributed by atoms with Crippen molar-refractivity contribution in [2.75, 3.05) is 26.2 Å². The van der Waals surface area contributed by atoms with Gasteiger partial charge in [-0.3, -0.25) is 9.78 Å². The Hall–Kier alpha value is -2.22. The summed E-state index contributed by atoms with van der Waals surface area (Å²) in [4.78, 5) is 28.5. The first-order valence-electron chi connectivity index (χ1n) is 9.93. The maximum absolute atomic E-state index is 13.1. The highest BCUT2D eigenvalue weighted by Crippen LogP contribution is 2.36. The molecular weight excluding hydrogens is 423 g/mol. The van der Waals surface area contributed by atoms with Crippen LogP contribution in [0.1, 0.15) is 35.3 Å². The molecule has 2 aliphatic heterocycles. The number of carbonyl (C=O) groups is 1. The Labute approximate surface area is 188 Å². The second-order valence-electron chi connectivity index (χ2n) is 8.02. The number of likely N-dealkylation sites (tertiary alicyclic amines) is 1. The molecule has 3 aromatic heterocycles. The molecule has 9 heteroatoms. The van der Waals surface area contributed by atoms with Crippen molar-refractivity contribution in [3.63, 3.8) is 0 Å². The largest absolute Gasteiger partial charge is 0.338 e. The zero-order valence-electron chi connectivity index (χ0n) is 16.7. The van der Waals surface area contributed by atoms with Crippen LogP contribution in [0, 0.1) is 5.41 Å². The van der Waals surface area contributed by atoms with E-state index in [0.717, 1.165) is 55.9 Å². The third-order valence-electron chi connectivity index (χ3n) is 6.04. The van der Waals surface area contributed by atoms with Crippen molar-refractivity contribution in [2.45, 2.75) is 25.8 Å². The molecule has 1 amide bonds. The van der Waals surface area contributed by atoms with E-state index in [9.17, 15) is 4.79 Å². The second kappa shape index (κ2) is 9.29. The summed E-state index contributed by atoms with van der Waals surface area (Å²) in [6, 6.07) is 7.72. The van der Waals surface area contributed by atoms with Crippen LogP contribution in [0.3, 0.4) is 0 Å². The van der Waals surface area contributed by atoms with Gasteiger partial charge in [-0.15, -0.1) is 24.8 Å². The molecule has 3 aromatic rings. The smallest absolute Gasteiger partial charge is 0.255 e. The summed E-state index contributed by atoms with van der Waals surface area (Å²) in [5, 5.41) is 3.46. The van der Waals surface area contributed by atoms with E-state index in [2.05, 4.69) is 20.3 Å². The number of hydrogen-bond acceptors (Lipinski definition) is 5. The molecule has 0 aromatic carbocycles. The molecule has 2 fully saturated rings. The van der Waals surface area contributed by atoms with Crippen LogP contribution in [0.4, 0.5) is 0 Å². The fraction of sp³-hybridized carbons (Fsp3) is 0.429. The molecular formula is C21H26Cl2N6O. The van der Waals surface area contributed by atoms with Gasteiger partial charge < -0.3 is 14.8 Å². The third-order valence-corrected chi connectivity index (χ3v) is 6.04. The van der Waals surface area contributed by atoms with Crippen LogP contribution in [-0.4, -0.2) is 56.5 Å². The number of pyridine rings is 2. The van der Waals surface area contributed by atoms with Crippen molar-refractivity contribution in [1.29, 1.82) is 0 Å². The number of imidazole rings is 1. The summed E-state index contributed by atoms with van der Waals surface area (Å²) in [6.07, 6.45) is 8.67. The molecule has 5 heterocycles. The fourth-order valence-corrected chi connectivity index (χ4v) is 4.56. The lowest BCUT2D eigenvalue weighted by Gasteiger charge is -2.40. The summed E-state index contributed by atoms with van der Waals surface area (Å²) >= 11 is 0. The molecule has 30 heavy (non-hydrogen) atoms. The van der Waals surface area contributed by atoms with Gasteiger partial charge in [0.25, 0.3) is 5.91 Å². The highest BCUT2D eigenvalue weighted by molar-refractivity contribution is 5.96. The number of nitrogens with zero attached hydrogens (tertiary/aromatic N) is 5. The molecule has 1 unspecified atom stereocenters. The first-order chi connectivity index (χ1) is 13.7. The van der Waals surface area contributed by atoms with Crippen LogP contribution in [-0.2, 0) is 6.54 Å². The van der Waals surface area contributed by atoms with Gasteiger partial charge in [-0.1, -0.05) is 6.07 Å². The first-order valence-corrected chi connectivity index (χ1v) is 9.93. The van der Waals surface area contributed by atoms with Gasteiger partial charge in [0, 0.05) is 37.4 Å². The molecule has 5 rings (SSSR count). The van der Waals surface area contributed by atoms with Crippen LogP contribution < -0.4 is 5.32 Å². The van der Waals surface area contributed by atoms with E-state index in [1.54, 1.807) is 18.7 Å². The van der Waals surface area contributed by atoms with E-state index in [4.69, 9.17) is 0 Å². The molecule has 2 saturated heterocycles. The van der Waals surface area contributed by atoms with Crippen molar-refractivity contribution in [2.24, 2.45) is 5.41 Å². The van der Waals surface area contributed by atoms with Gasteiger partial charge in [0.2, 0.25) is 0 Å². The van der Waals surface area contributed by atoms with Crippen LogP contribution in [0.5, 0.6) is 0 Å². The zero-order valence-corrected chi connectivity index (χ0v) is 18.3. The number of aromatic nitrogens is 4. The molecule has 2 aliphatic rings. The Morgan fingerprint density at radius 3 is 2.83 bits per heavy atom. The minimum absolute atomic E-state index is 0. The van der Waals surface area contributed by atoms with Gasteiger partial charge in [0.05, 0.1) is 24.1 Å². The Morgan fingerprint density at radius 2 is 2.07 bits per heavy atom. The van der Waals surface area contributed by atoms with Gasteiger partial charge in [-0.2, -0.15) is 0 Å². The van der Waals surface area contributed by atoms with E-state index < -0.39 is 0 Å². The lowest BCUT2D eigenvalue weighted by Crippen LogP contribution is -2.47. The van der Waals surface area contributed by atoms with Crippen LogP contribution >= 0.6 is 24.8 Å². The van der Waals surface area contributed by atoms with Gasteiger partial charge in [-0.25, -0.2) is 9.97 Å². The minimum Gasteiger partial charge on any atom is -0.338 e. The monoisotopic (exact) mass is 448 g/mol. The van der Waals surface area contributed by atoms with Gasteiger partial charge >= 0.3 is 0 Å². The average molecular weight is 449 g/mol. The van der Waals surface area contributed by atoms with Crippen molar-refractivity contribution in [3.05, 3.63) is 54.2 Å². The Morgan fingerprint density at radius 1 is 1.17 bits per heavy atom. The molecule has 7 nitrogen and oxygen atoms in total. The Kier molecular flexibility index (Phi) is 6.95. The van der Waals surface area contributed by atoms with Gasteiger partial charge in [-0.05, 0) is 44.0 Å². The van der Waals surface area contributed by atoms with Crippen molar-refractivity contribution in [1.82, 2.24) is 29.7 Å². The van der Waals surface area contributed by atoms with Crippen molar-refractivity contribution >= 4 is 41.9 Å². The van der Waals surface area contributed by atoms with Gasteiger partial charge in [0.15, 0.2) is 5.65 Å². The predicted molar refractivity (Wildman–Crippen MR) is 120 cm³/mol. The van der Waals surface area contributed by atoms with Crippen molar-refractivity contribution < 1.29 is 4.79 Å². The number of hydrogen-bond donors (Lipinski definition) is 1.